The number of rotatable bonds is 8. The summed E-state index contributed by atoms with van der Waals surface area (Å²) >= 11 is 3.40. The number of hydrogen-bond donors (Lipinski definition) is 1. The molecule has 0 bridgehead atoms. The maximum Gasteiger partial charge on any atom is 0.234 e. The van der Waals surface area contributed by atoms with E-state index in [1.54, 1.807) is 0 Å². The smallest absolute Gasteiger partial charge is 0.234 e. The minimum Gasteiger partial charge on any atom is -0.492 e. The molecule has 1 N–H and O–H groups in total. The van der Waals surface area contributed by atoms with E-state index < -0.39 is 0 Å². The van der Waals surface area contributed by atoms with Gasteiger partial charge in [-0.15, -0.1) is 0 Å². The molecule has 0 aliphatic carbocycles. The molecule has 0 unspecified atom stereocenters. The second-order valence-corrected chi connectivity index (χ2v) is 6.16. The van der Waals surface area contributed by atoms with Gasteiger partial charge in [-0.3, -0.25) is 9.69 Å². The number of ether oxygens (including phenoxy) is 1. The first kappa shape index (κ1) is 17.0. The number of carbonyl (C=O) groups is 1. The molecule has 1 aromatic carbocycles. The van der Waals surface area contributed by atoms with Crippen LogP contribution < -0.4 is 10.1 Å². The Morgan fingerprint density at radius 1 is 1.45 bits per heavy atom. The van der Waals surface area contributed by atoms with Crippen LogP contribution >= 0.6 is 15.9 Å². The van der Waals surface area contributed by atoms with Crippen LogP contribution in [0.2, 0.25) is 0 Å². The van der Waals surface area contributed by atoms with E-state index in [4.69, 9.17) is 4.74 Å². The summed E-state index contributed by atoms with van der Waals surface area (Å²) in [5, 5.41) is 2.90. The highest BCUT2D eigenvalue weighted by Crippen LogP contribution is 2.17. The van der Waals surface area contributed by atoms with Gasteiger partial charge in [-0.2, -0.15) is 0 Å². The highest BCUT2D eigenvalue weighted by Gasteiger charge is 2.06. The number of carbonyl (C=O) groups excluding carboxylic acids is 1. The van der Waals surface area contributed by atoms with Gasteiger partial charge in [0.1, 0.15) is 12.4 Å². The van der Waals surface area contributed by atoms with Crippen LogP contribution in [0, 0.1) is 5.92 Å². The van der Waals surface area contributed by atoms with E-state index in [1.165, 1.54) is 0 Å². The van der Waals surface area contributed by atoms with Gasteiger partial charge in [0.2, 0.25) is 5.91 Å². The predicted octanol–water partition coefficient (Wildman–Crippen LogP) is 2.53. The van der Waals surface area contributed by atoms with E-state index >= 15 is 0 Å². The molecule has 0 aliphatic heterocycles. The quantitative estimate of drug-likeness (QED) is 0.789. The van der Waals surface area contributed by atoms with Crippen molar-refractivity contribution >= 4 is 21.8 Å². The molecule has 0 radical (unpaired) electrons. The molecule has 4 nitrogen and oxygen atoms in total. The molecule has 1 aromatic rings. The molecule has 0 spiro atoms. The first-order chi connectivity index (χ1) is 9.47. The summed E-state index contributed by atoms with van der Waals surface area (Å²) in [6.07, 6.45) is 0. The van der Waals surface area contributed by atoms with Gasteiger partial charge < -0.3 is 10.1 Å². The standard InChI is InChI=1S/C15H23BrN2O2/c1-12(2)10-17-15(19)11-18(3)7-8-20-14-6-4-5-13(16)9-14/h4-6,9,12H,7-8,10-11H2,1-3H3,(H,17,19). The molecule has 0 atom stereocenters. The number of halogens is 1. The molecule has 0 saturated carbocycles. The van der Waals surface area contributed by atoms with E-state index in [0.717, 1.165) is 16.8 Å². The van der Waals surface area contributed by atoms with Gasteiger partial charge in [0.25, 0.3) is 0 Å². The lowest BCUT2D eigenvalue weighted by molar-refractivity contribution is -0.122. The molecule has 0 heterocycles. The van der Waals surface area contributed by atoms with Crippen molar-refractivity contribution < 1.29 is 9.53 Å². The van der Waals surface area contributed by atoms with Gasteiger partial charge in [0.15, 0.2) is 0 Å². The largest absolute Gasteiger partial charge is 0.492 e. The van der Waals surface area contributed by atoms with Crippen molar-refractivity contribution in [3.05, 3.63) is 28.7 Å². The van der Waals surface area contributed by atoms with Gasteiger partial charge in [0.05, 0.1) is 6.54 Å². The van der Waals surface area contributed by atoms with Crippen LogP contribution in [-0.4, -0.2) is 44.1 Å². The van der Waals surface area contributed by atoms with Crippen molar-refractivity contribution in [2.24, 2.45) is 5.92 Å². The van der Waals surface area contributed by atoms with Gasteiger partial charge in [-0.05, 0) is 31.2 Å². The summed E-state index contributed by atoms with van der Waals surface area (Å²) in [5.41, 5.74) is 0. The molecule has 5 heteroatoms. The molecular formula is C15H23BrN2O2. The topological polar surface area (TPSA) is 41.6 Å². The second-order valence-electron chi connectivity index (χ2n) is 5.24. The summed E-state index contributed by atoms with van der Waals surface area (Å²) in [4.78, 5) is 13.6. The average Bonchev–Trinajstić information content (AvgIpc) is 2.36. The highest BCUT2D eigenvalue weighted by atomic mass is 79.9. The van der Waals surface area contributed by atoms with Crippen LogP contribution in [0.15, 0.2) is 28.7 Å². The Morgan fingerprint density at radius 3 is 2.85 bits per heavy atom. The maximum absolute atomic E-state index is 11.6. The fourth-order valence-corrected chi connectivity index (χ4v) is 1.95. The van der Waals surface area contributed by atoms with E-state index in [2.05, 4.69) is 35.1 Å². The summed E-state index contributed by atoms with van der Waals surface area (Å²) in [6.45, 7) is 6.55. The Hall–Kier alpha value is -1.07. The molecule has 0 aromatic heterocycles. The van der Waals surface area contributed by atoms with Crippen LogP contribution in [0.3, 0.4) is 0 Å². The van der Waals surface area contributed by atoms with Crippen molar-refractivity contribution in [3.8, 4) is 5.75 Å². The van der Waals surface area contributed by atoms with Gasteiger partial charge >= 0.3 is 0 Å². The molecule has 0 saturated heterocycles. The Balaban J connectivity index is 2.19. The fourth-order valence-electron chi connectivity index (χ4n) is 1.57. The third kappa shape index (κ3) is 7.50. The molecular weight excluding hydrogens is 320 g/mol. The number of nitrogens with zero attached hydrogens (tertiary/aromatic N) is 1. The number of hydrogen-bond acceptors (Lipinski definition) is 3. The zero-order valence-corrected chi connectivity index (χ0v) is 13.9. The first-order valence-corrected chi connectivity index (χ1v) is 7.60. The molecule has 112 valence electrons. The van der Waals surface area contributed by atoms with E-state index in [9.17, 15) is 4.79 Å². The lowest BCUT2D eigenvalue weighted by atomic mass is 10.2. The van der Waals surface area contributed by atoms with Crippen LogP contribution in [-0.2, 0) is 4.79 Å². The van der Waals surface area contributed by atoms with E-state index in [1.807, 2.05) is 36.2 Å². The van der Waals surface area contributed by atoms with Crippen molar-refractivity contribution in [3.63, 3.8) is 0 Å². The first-order valence-electron chi connectivity index (χ1n) is 6.81. The number of amides is 1. The number of benzene rings is 1. The zero-order valence-electron chi connectivity index (χ0n) is 12.4. The lowest BCUT2D eigenvalue weighted by Gasteiger charge is -2.17. The Kier molecular flexibility index (Phi) is 7.62. The minimum absolute atomic E-state index is 0.0589. The monoisotopic (exact) mass is 342 g/mol. The Labute approximate surface area is 129 Å². The van der Waals surface area contributed by atoms with Crippen molar-refractivity contribution in [1.29, 1.82) is 0 Å². The van der Waals surface area contributed by atoms with E-state index in [-0.39, 0.29) is 5.91 Å². The minimum atomic E-state index is 0.0589. The van der Waals surface area contributed by atoms with E-state index in [0.29, 0.717) is 25.6 Å². The number of nitrogens with one attached hydrogen (secondary N) is 1. The lowest BCUT2D eigenvalue weighted by Crippen LogP contribution is -2.38. The fraction of sp³-hybridized carbons (Fsp3) is 0.533. The van der Waals surface area contributed by atoms with Crippen LogP contribution in [0.5, 0.6) is 5.75 Å². The van der Waals surface area contributed by atoms with Crippen molar-refractivity contribution in [2.75, 3.05) is 33.3 Å². The van der Waals surface area contributed by atoms with Crippen LogP contribution in [0.4, 0.5) is 0 Å². The van der Waals surface area contributed by atoms with Crippen LogP contribution in [0.25, 0.3) is 0 Å². The van der Waals surface area contributed by atoms with Gasteiger partial charge in [0, 0.05) is 17.6 Å². The van der Waals surface area contributed by atoms with Gasteiger partial charge in [-0.25, -0.2) is 0 Å². The maximum atomic E-state index is 11.6. The Morgan fingerprint density at radius 2 is 2.20 bits per heavy atom. The normalized spacial score (nSPS) is 10.9. The average molecular weight is 343 g/mol. The molecule has 0 aliphatic rings. The third-order valence-electron chi connectivity index (χ3n) is 2.66. The summed E-state index contributed by atoms with van der Waals surface area (Å²) in [5.74, 6) is 1.37. The Bertz CT molecular complexity index is 424. The third-order valence-corrected chi connectivity index (χ3v) is 3.15. The summed E-state index contributed by atoms with van der Waals surface area (Å²) < 4.78 is 6.63. The number of likely N-dealkylation sites (N-methyl/N-ethyl adjacent to an activating group) is 1. The molecule has 1 rings (SSSR count). The predicted molar refractivity (Wildman–Crippen MR) is 85.0 cm³/mol. The van der Waals surface area contributed by atoms with Crippen molar-refractivity contribution in [1.82, 2.24) is 10.2 Å². The van der Waals surface area contributed by atoms with Crippen LogP contribution in [0.1, 0.15) is 13.8 Å². The summed E-state index contributed by atoms with van der Waals surface area (Å²) in [6, 6.07) is 7.73. The molecule has 0 fully saturated rings. The zero-order chi connectivity index (χ0) is 15.0. The molecule has 1 amide bonds. The van der Waals surface area contributed by atoms with Crippen molar-refractivity contribution in [2.45, 2.75) is 13.8 Å². The summed E-state index contributed by atoms with van der Waals surface area (Å²) in [7, 11) is 1.92. The van der Waals surface area contributed by atoms with Gasteiger partial charge in [-0.1, -0.05) is 35.8 Å². The second kappa shape index (κ2) is 8.97. The SMILES string of the molecule is CC(C)CNC(=O)CN(C)CCOc1cccc(Br)c1. The highest BCUT2D eigenvalue weighted by molar-refractivity contribution is 9.10. The molecule has 20 heavy (non-hydrogen) atoms.